The van der Waals surface area contributed by atoms with Crippen LogP contribution in [0.25, 0.3) is 0 Å². The van der Waals surface area contributed by atoms with E-state index in [2.05, 4.69) is 5.32 Å². The van der Waals surface area contributed by atoms with Crippen LogP contribution in [0, 0.1) is 10.1 Å². The predicted molar refractivity (Wildman–Crippen MR) is 84.9 cm³/mol. The summed E-state index contributed by atoms with van der Waals surface area (Å²) < 4.78 is 10.5. The van der Waals surface area contributed by atoms with Gasteiger partial charge in [-0.15, -0.1) is 0 Å². The normalized spacial score (nSPS) is 10.2. The van der Waals surface area contributed by atoms with Crippen LogP contribution in [0.4, 0.5) is 16.2 Å². The molecule has 0 aliphatic heterocycles. The zero-order chi connectivity index (χ0) is 16.8. The monoisotopic (exact) mass is 316 g/mol. The summed E-state index contributed by atoms with van der Waals surface area (Å²) in [4.78, 5) is 22.1. The fourth-order valence-electron chi connectivity index (χ4n) is 1.83. The van der Waals surface area contributed by atoms with E-state index in [-0.39, 0.29) is 17.5 Å². The fraction of sp³-hybridized carbons (Fsp3) is 0.188. The molecule has 7 nitrogen and oxygen atoms in total. The number of ether oxygens (including phenoxy) is 2. The third kappa shape index (κ3) is 4.70. The van der Waals surface area contributed by atoms with Gasteiger partial charge < -0.3 is 9.47 Å². The first-order chi connectivity index (χ1) is 11.0. The number of benzene rings is 2. The SMILES string of the molecule is CC(C)Oc1ccc(NC(=O)Oc2ccccc2[N+](=O)[O-])cc1. The third-order valence-corrected chi connectivity index (χ3v) is 2.74. The standard InChI is InChI=1S/C16H16N2O5/c1-11(2)22-13-9-7-12(8-10-13)17-16(19)23-15-6-4-3-5-14(15)18(20)21/h3-11H,1-2H3,(H,17,19). The van der Waals surface area contributed by atoms with Gasteiger partial charge in [-0.05, 0) is 44.2 Å². The Morgan fingerprint density at radius 3 is 2.39 bits per heavy atom. The van der Waals surface area contributed by atoms with Gasteiger partial charge in [0.05, 0.1) is 11.0 Å². The van der Waals surface area contributed by atoms with Crippen LogP contribution in [0.3, 0.4) is 0 Å². The van der Waals surface area contributed by atoms with Crippen molar-refractivity contribution in [3.63, 3.8) is 0 Å². The number of rotatable bonds is 5. The molecule has 0 spiro atoms. The number of amides is 1. The van der Waals surface area contributed by atoms with Gasteiger partial charge in [0.2, 0.25) is 5.75 Å². The smallest absolute Gasteiger partial charge is 0.417 e. The molecule has 0 aromatic heterocycles. The molecular formula is C16H16N2O5. The number of nitrogens with one attached hydrogen (secondary N) is 1. The molecule has 0 bridgehead atoms. The first-order valence-corrected chi connectivity index (χ1v) is 6.94. The minimum absolute atomic E-state index is 0.0532. The van der Waals surface area contributed by atoms with Crippen LogP contribution in [0.1, 0.15) is 13.8 Å². The molecule has 1 amide bonds. The van der Waals surface area contributed by atoms with E-state index in [1.165, 1.54) is 18.2 Å². The summed E-state index contributed by atoms with van der Waals surface area (Å²) in [5.41, 5.74) is 0.216. The van der Waals surface area contributed by atoms with E-state index in [1.807, 2.05) is 13.8 Å². The highest BCUT2D eigenvalue weighted by Crippen LogP contribution is 2.26. The Balaban J connectivity index is 2.01. The summed E-state index contributed by atoms with van der Waals surface area (Å²) in [6.45, 7) is 3.83. The second-order valence-corrected chi connectivity index (χ2v) is 4.93. The quantitative estimate of drug-likeness (QED) is 0.665. The molecule has 0 aliphatic rings. The molecule has 0 saturated heterocycles. The number of nitrogens with zero attached hydrogens (tertiary/aromatic N) is 1. The van der Waals surface area contributed by atoms with Crippen LogP contribution in [0.2, 0.25) is 0 Å². The van der Waals surface area contributed by atoms with E-state index in [1.54, 1.807) is 30.3 Å². The summed E-state index contributed by atoms with van der Waals surface area (Å²) in [6.07, 6.45) is -0.755. The van der Waals surface area contributed by atoms with Gasteiger partial charge >= 0.3 is 11.8 Å². The Morgan fingerprint density at radius 2 is 1.78 bits per heavy atom. The number of hydrogen-bond donors (Lipinski definition) is 1. The van der Waals surface area contributed by atoms with Crippen LogP contribution < -0.4 is 14.8 Å². The Morgan fingerprint density at radius 1 is 1.13 bits per heavy atom. The van der Waals surface area contributed by atoms with E-state index in [0.717, 1.165) is 0 Å². The minimum Gasteiger partial charge on any atom is -0.491 e. The third-order valence-electron chi connectivity index (χ3n) is 2.74. The maximum absolute atomic E-state index is 11.8. The number of anilines is 1. The van der Waals surface area contributed by atoms with Crippen molar-refractivity contribution in [2.75, 3.05) is 5.32 Å². The summed E-state index contributed by atoms with van der Waals surface area (Å²) in [6, 6.07) is 12.4. The van der Waals surface area contributed by atoms with E-state index >= 15 is 0 Å². The van der Waals surface area contributed by atoms with Gasteiger partial charge in [-0.1, -0.05) is 12.1 Å². The zero-order valence-corrected chi connectivity index (χ0v) is 12.7. The van der Waals surface area contributed by atoms with Gasteiger partial charge in [-0.2, -0.15) is 0 Å². The summed E-state index contributed by atoms with van der Waals surface area (Å²) in [5, 5.41) is 13.4. The van der Waals surface area contributed by atoms with Gasteiger partial charge in [0, 0.05) is 11.8 Å². The number of nitro benzene ring substituents is 1. The second kappa shape index (κ2) is 7.26. The molecule has 0 aliphatic carbocycles. The number of para-hydroxylation sites is 2. The van der Waals surface area contributed by atoms with Crippen LogP contribution in [0.5, 0.6) is 11.5 Å². The summed E-state index contributed by atoms with van der Waals surface area (Å²) in [7, 11) is 0. The van der Waals surface area contributed by atoms with Crippen molar-refractivity contribution in [1.29, 1.82) is 0 Å². The second-order valence-electron chi connectivity index (χ2n) is 4.93. The average molecular weight is 316 g/mol. The molecular weight excluding hydrogens is 300 g/mol. The fourth-order valence-corrected chi connectivity index (χ4v) is 1.83. The van der Waals surface area contributed by atoms with Gasteiger partial charge in [-0.25, -0.2) is 4.79 Å². The molecule has 0 saturated carbocycles. The average Bonchev–Trinajstić information content (AvgIpc) is 2.49. The molecule has 120 valence electrons. The van der Waals surface area contributed by atoms with Crippen molar-refractivity contribution in [3.8, 4) is 11.5 Å². The lowest BCUT2D eigenvalue weighted by Crippen LogP contribution is -2.17. The minimum atomic E-state index is -0.808. The molecule has 23 heavy (non-hydrogen) atoms. The van der Waals surface area contributed by atoms with Crippen LogP contribution in [0.15, 0.2) is 48.5 Å². The molecule has 0 heterocycles. The van der Waals surface area contributed by atoms with Crippen LogP contribution in [-0.2, 0) is 0 Å². The van der Waals surface area contributed by atoms with E-state index < -0.39 is 11.0 Å². The first-order valence-electron chi connectivity index (χ1n) is 6.94. The molecule has 2 rings (SSSR count). The molecule has 2 aromatic carbocycles. The molecule has 0 atom stereocenters. The number of hydrogen-bond acceptors (Lipinski definition) is 5. The highest BCUT2D eigenvalue weighted by Gasteiger charge is 2.17. The Labute approximate surface area is 133 Å². The zero-order valence-electron chi connectivity index (χ0n) is 12.7. The molecule has 0 unspecified atom stereocenters. The van der Waals surface area contributed by atoms with Gasteiger partial charge in [0.1, 0.15) is 5.75 Å². The van der Waals surface area contributed by atoms with Gasteiger partial charge in [-0.3, -0.25) is 15.4 Å². The largest absolute Gasteiger partial charge is 0.491 e. The van der Waals surface area contributed by atoms with E-state index in [4.69, 9.17) is 9.47 Å². The lowest BCUT2D eigenvalue weighted by atomic mass is 10.3. The summed E-state index contributed by atoms with van der Waals surface area (Å²) in [5.74, 6) is 0.562. The van der Waals surface area contributed by atoms with Crippen molar-refractivity contribution in [2.24, 2.45) is 0 Å². The Bertz CT molecular complexity index is 698. The maximum atomic E-state index is 11.8. The number of nitro groups is 1. The lowest BCUT2D eigenvalue weighted by molar-refractivity contribution is -0.385. The number of carbonyl (C=O) groups excluding carboxylic acids is 1. The molecule has 7 heteroatoms. The number of carbonyl (C=O) groups is 1. The summed E-state index contributed by atoms with van der Waals surface area (Å²) >= 11 is 0. The molecule has 0 radical (unpaired) electrons. The van der Waals surface area contributed by atoms with Crippen LogP contribution >= 0.6 is 0 Å². The predicted octanol–water partition coefficient (Wildman–Crippen LogP) is 3.99. The molecule has 0 fully saturated rings. The maximum Gasteiger partial charge on any atom is 0.417 e. The van der Waals surface area contributed by atoms with Crippen molar-refractivity contribution in [2.45, 2.75) is 20.0 Å². The Hall–Kier alpha value is -3.09. The van der Waals surface area contributed by atoms with Gasteiger partial charge in [0.25, 0.3) is 0 Å². The van der Waals surface area contributed by atoms with Crippen molar-refractivity contribution < 1.29 is 19.2 Å². The van der Waals surface area contributed by atoms with Crippen LogP contribution in [-0.4, -0.2) is 17.1 Å². The van der Waals surface area contributed by atoms with Crippen molar-refractivity contribution in [3.05, 3.63) is 58.6 Å². The highest BCUT2D eigenvalue weighted by atomic mass is 16.6. The Kier molecular flexibility index (Phi) is 5.14. The van der Waals surface area contributed by atoms with E-state index in [9.17, 15) is 14.9 Å². The highest BCUT2D eigenvalue weighted by molar-refractivity contribution is 5.86. The topological polar surface area (TPSA) is 90.7 Å². The van der Waals surface area contributed by atoms with Crippen molar-refractivity contribution >= 4 is 17.5 Å². The van der Waals surface area contributed by atoms with Crippen molar-refractivity contribution in [1.82, 2.24) is 0 Å². The lowest BCUT2D eigenvalue weighted by Gasteiger charge is -2.10. The first kappa shape index (κ1) is 16.3. The van der Waals surface area contributed by atoms with E-state index in [0.29, 0.717) is 11.4 Å². The molecule has 2 aromatic rings. The molecule has 1 N–H and O–H groups in total. The van der Waals surface area contributed by atoms with Gasteiger partial charge in [0.15, 0.2) is 0 Å².